The normalized spacial score (nSPS) is 12.7. The highest BCUT2D eigenvalue weighted by molar-refractivity contribution is 14.1. The van der Waals surface area contributed by atoms with Crippen molar-refractivity contribution in [1.82, 2.24) is 0 Å². The Hall–Kier alpha value is -0.670. The number of hydrogen-bond acceptors (Lipinski definition) is 1. The van der Waals surface area contributed by atoms with Gasteiger partial charge in [-0.2, -0.15) is 26.3 Å². The lowest BCUT2D eigenvalue weighted by Crippen LogP contribution is -2.11. The average Bonchev–Trinajstić information content (AvgIpc) is 2.14. The van der Waals surface area contributed by atoms with E-state index in [-0.39, 0.29) is 11.8 Å². The molecule has 0 aliphatic heterocycles. The molecule has 90 valence electrons. The summed E-state index contributed by atoms with van der Waals surface area (Å²) in [5, 5.41) is 0. The van der Waals surface area contributed by atoms with E-state index in [0.717, 1.165) is 0 Å². The molecule has 1 N–H and O–H groups in total. The van der Waals surface area contributed by atoms with Crippen LogP contribution >= 0.6 is 22.9 Å². The van der Waals surface area contributed by atoms with Gasteiger partial charge in [-0.25, -0.2) is 0 Å². The van der Waals surface area contributed by atoms with Gasteiger partial charge in [0.05, 0.1) is 34.0 Å². The van der Waals surface area contributed by atoms with E-state index in [2.05, 4.69) is 3.53 Å². The highest BCUT2D eigenvalue weighted by Crippen LogP contribution is 2.37. The fraction of sp³-hybridized carbons (Fsp3) is 0.250. The van der Waals surface area contributed by atoms with Crippen LogP contribution in [0.15, 0.2) is 18.2 Å². The molecule has 0 aromatic heterocycles. The molecule has 0 amide bonds. The summed E-state index contributed by atoms with van der Waals surface area (Å²) in [5.74, 6) is 0. The molecule has 0 aliphatic rings. The Morgan fingerprint density at radius 2 is 1.19 bits per heavy atom. The zero-order valence-corrected chi connectivity index (χ0v) is 9.54. The van der Waals surface area contributed by atoms with E-state index in [1.54, 1.807) is 0 Å². The first kappa shape index (κ1) is 13.4. The Kier molecular flexibility index (Phi) is 3.60. The molecule has 0 saturated heterocycles. The number of hydrogen-bond donors (Lipinski definition) is 1. The molecule has 1 aromatic carbocycles. The summed E-state index contributed by atoms with van der Waals surface area (Å²) in [6, 6.07) is 1.31. The minimum atomic E-state index is -4.80. The summed E-state index contributed by atoms with van der Waals surface area (Å²) in [5.41, 5.74) is -2.91. The summed E-state index contributed by atoms with van der Waals surface area (Å²) in [4.78, 5) is 0. The Bertz CT molecular complexity index is 351. The van der Waals surface area contributed by atoms with Crippen molar-refractivity contribution in [3.05, 3.63) is 29.3 Å². The van der Waals surface area contributed by atoms with Crippen LogP contribution in [-0.4, -0.2) is 0 Å². The van der Waals surface area contributed by atoms with Gasteiger partial charge in [-0.05, 0) is 18.2 Å². The first-order valence-electron chi connectivity index (χ1n) is 3.80. The van der Waals surface area contributed by atoms with E-state index in [0.29, 0.717) is 12.1 Å². The highest BCUT2D eigenvalue weighted by atomic mass is 127. The largest absolute Gasteiger partial charge is 0.416 e. The molecule has 0 unspecified atom stereocenters. The summed E-state index contributed by atoms with van der Waals surface area (Å²) < 4.78 is 75.9. The van der Waals surface area contributed by atoms with E-state index >= 15 is 0 Å². The first-order valence-corrected chi connectivity index (χ1v) is 4.88. The van der Waals surface area contributed by atoms with Crippen LogP contribution in [0.4, 0.5) is 32.0 Å². The molecule has 0 bridgehead atoms. The molecule has 1 rings (SSSR count). The van der Waals surface area contributed by atoms with Crippen molar-refractivity contribution >= 4 is 28.6 Å². The molecule has 0 spiro atoms. The molecule has 0 fully saturated rings. The maximum atomic E-state index is 12.3. The molecule has 0 aliphatic carbocycles. The van der Waals surface area contributed by atoms with Crippen molar-refractivity contribution in [2.75, 3.05) is 3.53 Å². The molecule has 0 atom stereocenters. The number of halogens is 7. The maximum Gasteiger partial charge on any atom is 0.416 e. The zero-order chi connectivity index (χ0) is 12.6. The summed E-state index contributed by atoms with van der Waals surface area (Å²) in [7, 11) is 0. The predicted molar refractivity (Wildman–Crippen MR) is 54.1 cm³/mol. The maximum absolute atomic E-state index is 12.3. The van der Waals surface area contributed by atoms with Gasteiger partial charge in [0.2, 0.25) is 0 Å². The van der Waals surface area contributed by atoms with Gasteiger partial charge in [-0.15, -0.1) is 0 Å². The van der Waals surface area contributed by atoms with Crippen molar-refractivity contribution in [2.24, 2.45) is 0 Å². The molecule has 0 saturated carbocycles. The van der Waals surface area contributed by atoms with Crippen LogP contribution in [0.5, 0.6) is 0 Å². The molecular weight excluding hydrogens is 351 g/mol. The van der Waals surface area contributed by atoms with Crippen molar-refractivity contribution in [3.8, 4) is 0 Å². The monoisotopic (exact) mass is 355 g/mol. The Labute approximate surface area is 100 Å². The van der Waals surface area contributed by atoms with Crippen LogP contribution in [-0.2, 0) is 12.4 Å². The van der Waals surface area contributed by atoms with Gasteiger partial charge in [-0.3, -0.25) is 0 Å². The topological polar surface area (TPSA) is 12.0 Å². The lowest BCUT2D eigenvalue weighted by Gasteiger charge is -2.13. The van der Waals surface area contributed by atoms with Gasteiger partial charge in [0.1, 0.15) is 0 Å². The predicted octanol–water partition coefficient (Wildman–Crippen LogP) is 4.49. The lowest BCUT2D eigenvalue weighted by atomic mass is 10.1. The van der Waals surface area contributed by atoms with Crippen molar-refractivity contribution in [2.45, 2.75) is 12.4 Å². The molecule has 0 heterocycles. The molecule has 1 aromatic rings. The Balaban J connectivity index is 3.33. The van der Waals surface area contributed by atoms with E-state index in [9.17, 15) is 26.3 Å². The van der Waals surface area contributed by atoms with Gasteiger partial charge in [0, 0.05) is 5.69 Å². The van der Waals surface area contributed by atoms with Gasteiger partial charge >= 0.3 is 12.4 Å². The average molecular weight is 355 g/mol. The smallest absolute Gasteiger partial charge is 0.328 e. The van der Waals surface area contributed by atoms with E-state index < -0.39 is 23.5 Å². The molecule has 1 nitrogen and oxygen atoms in total. The first-order chi connectivity index (χ1) is 7.14. The summed E-state index contributed by atoms with van der Waals surface area (Å²) >= 11 is 1.46. The van der Waals surface area contributed by atoms with Gasteiger partial charge in [-0.1, -0.05) is 0 Å². The zero-order valence-electron chi connectivity index (χ0n) is 7.38. The standard InChI is InChI=1S/C8H4F6IN/c9-7(10,11)4-1-5(8(12,13)14)3-6(2-4)16-15/h1-3,16H. The van der Waals surface area contributed by atoms with Crippen molar-refractivity contribution < 1.29 is 26.3 Å². The molecule has 8 heteroatoms. The minimum Gasteiger partial charge on any atom is -0.328 e. The third-order valence-electron chi connectivity index (χ3n) is 1.70. The number of rotatable bonds is 1. The lowest BCUT2D eigenvalue weighted by molar-refractivity contribution is -0.143. The minimum absolute atomic E-state index is 0.0808. The highest BCUT2D eigenvalue weighted by Gasteiger charge is 2.36. The summed E-state index contributed by atoms with van der Waals surface area (Å²) in [6.45, 7) is 0. The SMILES string of the molecule is FC(F)(F)c1cc(NI)cc(C(F)(F)F)c1. The number of benzene rings is 1. The fourth-order valence-corrected chi connectivity index (χ4v) is 1.32. The third-order valence-corrected chi connectivity index (χ3v) is 2.32. The Morgan fingerprint density at radius 3 is 1.44 bits per heavy atom. The van der Waals surface area contributed by atoms with Crippen LogP contribution < -0.4 is 3.53 Å². The van der Waals surface area contributed by atoms with Crippen LogP contribution in [0, 0.1) is 0 Å². The van der Waals surface area contributed by atoms with Crippen LogP contribution in [0.25, 0.3) is 0 Å². The van der Waals surface area contributed by atoms with Crippen LogP contribution in [0.3, 0.4) is 0 Å². The Morgan fingerprint density at radius 1 is 0.812 bits per heavy atom. The number of nitrogens with one attached hydrogen (secondary N) is 1. The molecule has 0 radical (unpaired) electrons. The van der Waals surface area contributed by atoms with Gasteiger partial charge in [0.15, 0.2) is 0 Å². The van der Waals surface area contributed by atoms with Crippen molar-refractivity contribution in [3.63, 3.8) is 0 Å². The second kappa shape index (κ2) is 4.30. The molecule has 16 heavy (non-hydrogen) atoms. The van der Waals surface area contributed by atoms with E-state index in [1.807, 2.05) is 0 Å². The van der Waals surface area contributed by atoms with Gasteiger partial charge < -0.3 is 3.53 Å². The number of anilines is 1. The number of alkyl halides is 6. The van der Waals surface area contributed by atoms with Crippen molar-refractivity contribution in [1.29, 1.82) is 0 Å². The van der Waals surface area contributed by atoms with Crippen LogP contribution in [0.2, 0.25) is 0 Å². The molecular formula is C8H4F6IN. The quantitative estimate of drug-likeness (QED) is 0.445. The fourth-order valence-electron chi connectivity index (χ4n) is 1.01. The third kappa shape index (κ3) is 3.16. The van der Waals surface area contributed by atoms with E-state index in [1.165, 1.54) is 22.9 Å². The second-order valence-electron chi connectivity index (χ2n) is 2.89. The van der Waals surface area contributed by atoms with E-state index in [4.69, 9.17) is 0 Å². The van der Waals surface area contributed by atoms with Crippen LogP contribution in [0.1, 0.15) is 11.1 Å². The second-order valence-corrected chi connectivity index (χ2v) is 3.43. The summed E-state index contributed by atoms with van der Waals surface area (Å²) in [6.07, 6.45) is -9.60. The van der Waals surface area contributed by atoms with Gasteiger partial charge in [0.25, 0.3) is 0 Å².